The van der Waals surface area contributed by atoms with Crippen LogP contribution in [0.4, 0.5) is 10.1 Å². The van der Waals surface area contributed by atoms with Gasteiger partial charge in [-0.05, 0) is 78.7 Å². The third-order valence-corrected chi connectivity index (χ3v) is 9.90. The predicted molar refractivity (Wildman–Crippen MR) is 224 cm³/mol. The van der Waals surface area contributed by atoms with E-state index in [1.165, 1.54) is 11.6 Å². The van der Waals surface area contributed by atoms with E-state index in [9.17, 15) is 14.0 Å². The number of anilines is 1. The van der Waals surface area contributed by atoms with E-state index >= 15 is 0 Å². The largest absolute Gasteiger partial charge is 0.492 e. The monoisotopic (exact) mass is 771 g/mol. The maximum atomic E-state index is 14.6. The Labute approximate surface area is 336 Å². The smallest absolute Gasteiger partial charge is 0.256 e. The summed E-state index contributed by atoms with van der Waals surface area (Å²) in [5.74, 6) is -0.117. The molecule has 5 aromatic carbocycles. The summed E-state index contributed by atoms with van der Waals surface area (Å²) in [6.45, 7) is 8.78. The molecule has 0 spiro atoms. The van der Waals surface area contributed by atoms with Gasteiger partial charge in [0.2, 0.25) is 5.91 Å². The molecule has 5 aromatic rings. The van der Waals surface area contributed by atoms with Crippen molar-refractivity contribution in [3.63, 3.8) is 0 Å². The SMILES string of the molecule is COc1c(OCCCNCCCc2ccccc2)cccc1C1OC(CC(=O)NCc2ccccc2F)C(=O)N(CC(C)(C)C)c2ccc(-c3ccccc3)cc21. The van der Waals surface area contributed by atoms with Crippen LogP contribution in [0.3, 0.4) is 0 Å². The molecule has 2 N–H and O–H groups in total. The van der Waals surface area contributed by atoms with Gasteiger partial charge in [0, 0.05) is 35.5 Å². The zero-order chi connectivity index (χ0) is 40.2. The number of methoxy groups -OCH3 is 1. The number of fused-ring (bicyclic) bond motifs is 1. The van der Waals surface area contributed by atoms with Crippen LogP contribution < -0.4 is 25.0 Å². The van der Waals surface area contributed by atoms with Gasteiger partial charge in [0.15, 0.2) is 11.5 Å². The van der Waals surface area contributed by atoms with Gasteiger partial charge in [-0.15, -0.1) is 0 Å². The summed E-state index contributed by atoms with van der Waals surface area (Å²) in [4.78, 5) is 29.9. The summed E-state index contributed by atoms with van der Waals surface area (Å²) in [6, 6.07) is 38.6. The minimum Gasteiger partial charge on any atom is -0.492 e. The average molecular weight is 772 g/mol. The lowest BCUT2D eigenvalue weighted by atomic mass is 9.92. The van der Waals surface area contributed by atoms with Gasteiger partial charge in [0.05, 0.1) is 20.1 Å². The lowest BCUT2D eigenvalue weighted by Crippen LogP contribution is -2.45. The second-order valence-electron chi connectivity index (χ2n) is 15.6. The molecule has 2 unspecified atom stereocenters. The Hall–Kier alpha value is -5.51. The van der Waals surface area contributed by atoms with Crippen LogP contribution >= 0.6 is 0 Å². The number of rotatable bonds is 17. The first-order valence-electron chi connectivity index (χ1n) is 19.8. The number of para-hydroxylation sites is 1. The minimum absolute atomic E-state index is 0.0153. The molecule has 0 fully saturated rings. The summed E-state index contributed by atoms with van der Waals surface area (Å²) >= 11 is 0. The molecule has 0 saturated carbocycles. The Morgan fingerprint density at radius 2 is 1.54 bits per heavy atom. The van der Waals surface area contributed by atoms with Gasteiger partial charge >= 0.3 is 0 Å². The van der Waals surface area contributed by atoms with E-state index < -0.39 is 23.9 Å². The molecule has 298 valence electrons. The van der Waals surface area contributed by atoms with Crippen molar-refractivity contribution in [1.82, 2.24) is 10.6 Å². The maximum Gasteiger partial charge on any atom is 0.256 e. The Bertz CT molecular complexity index is 2090. The van der Waals surface area contributed by atoms with Crippen LogP contribution in [0.1, 0.15) is 68.4 Å². The van der Waals surface area contributed by atoms with Gasteiger partial charge in [0.1, 0.15) is 18.0 Å². The van der Waals surface area contributed by atoms with E-state index in [2.05, 4.69) is 61.7 Å². The molecule has 2 atom stereocenters. The standard InChI is InChI=1S/C48H54FN3O5/c1-48(2,3)33-52-41-26-25-36(35-19-9-6-10-20-35)30-39(41)45(57-43(47(52)54)31-44(53)51-32-37-21-11-12-23-40(37)49)38-22-13-24-42(46(38)55-4)56-29-15-28-50-27-14-18-34-16-7-5-8-17-34/h5-13,16-17,19-26,30,43,45,50H,14-15,18,27-29,31-33H2,1-4H3,(H,51,53). The summed E-state index contributed by atoms with van der Waals surface area (Å²) < 4.78 is 33.7. The van der Waals surface area contributed by atoms with Crippen molar-refractivity contribution in [2.75, 3.05) is 38.3 Å². The fourth-order valence-corrected chi connectivity index (χ4v) is 7.14. The Kier molecular flexibility index (Phi) is 14.1. The first-order chi connectivity index (χ1) is 27.6. The van der Waals surface area contributed by atoms with Crippen molar-refractivity contribution >= 4 is 17.5 Å². The molecule has 1 aliphatic rings. The normalized spacial score (nSPS) is 15.5. The first-order valence-corrected chi connectivity index (χ1v) is 19.8. The average Bonchev–Trinajstić information content (AvgIpc) is 3.32. The molecular weight excluding hydrogens is 718 g/mol. The molecule has 1 heterocycles. The van der Waals surface area contributed by atoms with Gasteiger partial charge < -0.3 is 29.7 Å². The highest BCUT2D eigenvalue weighted by Crippen LogP contribution is 2.46. The van der Waals surface area contributed by atoms with E-state index in [1.54, 1.807) is 30.2 Å². The van der Waals surface area contributed by atoms with E-state index in [0.29, 0.717) is 41.5 Å². The van der Waals surface area contributed by atoms with Crippen LogP contribution in [0.5, 0.6) is 11.5 Å². The summed E-state index contributed by atoms with van der Waals surface area (Å²) in [6.07, 6.45) is 0.647. The quantitative estimate of drug-likeness (QED) is 0.0918. The number of halogens is 1. The third kappa shape index (κ3) is 11.1. The number of hydrogen-bond acceptors (Lipinski definition) is 6. The van der Waals surface area contributed by atoms with E-state index in [-0.39, 0.29) is 24.3 Å². The van der Waals surface area contributed by atoms with Crippen LogP contribution in [0.2, 0.25) is 0 Å². The highest BCUT2D eigenvalue weighted by molar-refractivity contribution is 6.00. The minimum atomic E-state index is -1.16. The number of nitrogens with one attached hydrogen (secondary N) is 2. The van der Waals surface area contributed by atoms with Crippen molar-refractivity contribution in [3.8, 4) is 22.6 Å². The zero-order valence-electron chi connectivity index (χ0n) is 33.4. The highest BCUT2D eigenvalue weighted by atomic mass is 19.1. The third-order valence-electron chi connectivity index (χ3n) is 9.90. The van der Waals surface area contributed by atoms with Crippen molar-refractivity contribution in [2.24, 2.45) is 5.41 Å². The number of benzene rings is 5. The first kappa shape index (κ1) is 41.1. The lowest BCUT2D eigenvalue weighted by molar-refractivity contribution is -0.138. The number of hydrogen-bond donors (Lipinski definition) is 2. The molecule has 0 aliphatic carbocycles. The molecule has 6 rings (SSSR count). The van der Waals surface area contributed by atoms with E-state index in [0.717, 1.165) is 49.0 Å². The lowest BCUT2D eigenvalue weighted by Gasteiger charge is -2.31. The van der Waals surface area contributed by atoms with E-state index in [4.69, 9.17) is 14.2 Å². The van der Waals surface area contributed by atoms with Gasteiger partial charge in [-0.25, -0.2) is 4.39 Å². The number of carbonyl (C=O) groups is 2. The van der Waals surface area contributed by atoms with Crippen molar-refractivity contribution < 1.29 is 28.2 Å². The molecule has 2 amide bonds. The molecule has 9 heteroatoms. The molecule has 57 heavy (non-hydrogen) atoms. The van der Waals surface area contributed by atoms with Gasteiger partial charge in [-0.3, -0.25) is 9.59 Å². The maximum absolute atomic E-state index is 14.6. The summed E-state index contributed by atoms with van der Waals surface area (Å²) in [5, 5.41) is 6.32. The molecule has 1 aliphatic heterocycles. The van der Waals surface area contributed by atoms with Crippen LogP contribution in [-0.4, -0.2) is 51.3 Å². The number of aryl methyl sites for hydroxylation is 1. The topological polar surface area (TPSA) is 89.1 Å². The molecule has 0 saturated heterocycles. The number of nitrogens with zero attached hydrogens (tertiary/aromatic N) is 1. The summed E-state index contributed by atoms with van der Waals surface area (Å²) in [7, 11) is 1.60. The molecule has 0 bridgehead atoms. The van der Waals surface area contributed by atoms with Gasteiger partial charge in [-0.2, -0.15) is 0 Å². The second-order valence-corrected chi connectivity index (χ2v) is 15.6. The highest BCUT2D eigenvalue weighted by Gasteiger charge is 2.40. The fraction of sp³-hybridized carbons (Fsp3) is 0.333. The van der Waals surface area contributed by atoms with Crippen LogP contribution in [-0.2, 0) is 27.3 Å². The van der Waals surface area contributed by atoms with Crippen molar-refractivity contribution in [2.45, 2.75) is 65.2 Å². The molecule has 0 radical (unpaired) electrons. The molecular formula is C48H54FN3O5. The molecule has 8 nitrogen and oxygen atoms in total. The van der Waals surface area contributed by atoms with Crippen molar-refractivity contribution in [1.29, 1.82) is 0 Å². The van der Waals surface area contributed by atoms with Crippen LogP contribution in [0, 0.1) is 11.2 Å². The predicted octanol–water partition coefficient (Wildman–Crippen LogP) is 9.07. The number of ether oxygens (including phenoxy) is 3. The van der Waals surface area contributed by atoms with Gasteiger partial charge in [0.25, 0.3) is 5.91 Å². The Balaban J connectivity index is 1.28. The van der Waals surface area contributed by atoms with Gasteiger partial charge in [-0.1, -0.05) is 118 Å². The fourth-order valence-electron chi connectivity index (χ4n) is 7.14. The second kappa shape index (κ2) is 19.6. The number of carbonyl (C=O) groups excluding carboxylic acids is 2. The van der Waals surface area contributed by atoms with Crippen LogP contribution in [0.25, 0.3) is 11.1 Å². The van der Waals surface area contributed by atoms with E-state index in [1.807, 2.05) is 66.7 Å². The zero-order valence-corrected chi connectivity index (χ0v) is 33.4. The molecule has 0 aromatic heterocycles. The van der Waals surface area contributed by atoms with Crippen molar-refractivity contribution in [3.05, 3.63) is 149 Å². The number of amides is 2. The Morgan fingerprint density at radius 3 is 2.28 bits per heavy atom. The van der Waals surface area contributed by atoms with Crippen LogP contribution in [0.15, 0.2) is 121 Å². The summed E-state index contributed by atoms with van der Waals surface area (Å²) in [5.41, 5.74) is 5.50. The Morgan fingerprint density at radius 1 is 0.825 bits per heavy atom.